The van der Waals surface area contributed by atoms with Gasteiger partial charge in [-0.05, 0) is 31.2 Å². The van der Waals surface area contributed by atoms with Gasteiger partial charge in [0.1, 0.15) is 18.0 Å². The maximum Gasteiger partial charge on any atom is 0.166 e. The van der Waals surface area contributed by atoms with E-state index >= 15 is 0 Å². The summed E-state index contributed by atoms with van der Waals surface area (Å²) in [5, 5.41) is 18.8. The first-order valence-electron chi connectivity index (χ1n) is 9.28. The molecule has 0 unspecified atom stereocenters. The molecule has 0 bridgehead atoms. The molecule has 1 aliphatic rings. The number of aliphatic hydroxyl groups is 1. The summed E-state index contributed by atoms with van der Waals surface area (Å²) in [7, 11) is 3.20. The monoisotopic (exact) mass is 415 g/mol. The number of para-hydroxylation sites is 1. The molecule has 0 amide bonds. The molecule has 3 aromatic rings. The molecular weight excluding hydrogens is 394 g/mol. The Morgan fingerprint density at radius 3 is 2.69 bits per heavy atom. The second-order valence-corrected chi connectivity index (χ2v) is 7.18. The second-order valence-electron chi connectivity index (χ2n) is 6.74. The lowest BCUT2D eigenvalue weighted by atomic mass is 9.98. The van der Waals surface area contributed by atoms with Gasteiger partial charge in [0, 0.05) is 29.2 Å². The quantitative estimate of drug-likeness (QED) is 0.683. The van der Waals surface area contributed by atoms with Crippen LogP contribution in [0.25, 0.3) is 5.69 Å². The first-order chi connectivity index (χ1) is 14.1. The maximum absolute atomic E-state index is 9.64. The summed E-state index contributed by atoms with van der Waals surface area (Å²) >= 11 is 6.36. The van der Waals surface area contributed by atoms with Crippen LogP contribution in [0.1, 0.15) is 41.4 Å². The molecule has 1 aromatic heterocycles. The molecule has 0 saturated carbocycles. The van der Waals surface area contributed by atoms with Crippen molar-refractivity contribution in [1.82, 2.24) is 14.8 Å². The van der Waals surface area contributed by atoms with E-state index in [9.17, 15) is 5.11 Å². The van der Waals surface area contributed by atoms with Crippen molar-refractivity contribution in [2.45, 2.75) is 25.6 Å². The summed E-state index contributed by atoms with van der Waals surface area (Å²) in [5.74, 6) is 2.57. The van der Waals surface area contributed by atoms with Crippen LogP contribution in [-0.4, -0.2) is 40.7 Å². The number of halogens is 1. The van der Waals surface area contributed by atoms with Crippen LogP contribution >= 0.6 is 11.6 Å². The third-order valence-corrected chi connectivity index (χ3v) is 5.29. The molecule has 0 saturated heterocycles. The van der Waals surface area contributed by atoms with Gasteiger partial charge in [0.25, 0.3) is 0 Å². The van der Waals surface area contributed by atoms with Crippen LogP contribution in [0.3, 0.4) is 0 Å². The van der Waals surface area contributed by atoms with Gasteiger partial charge in [0.2, 0.25) is 0 Å². The van der Waals surface area contributed by atoms with E-state index < -0.39 is 12.2 Å². The number of aliphatic hydroxyl groups excluding tert-OH is 1. The molecule has 152 valence electrons. The zero-order valence-electron chi connectivity index (χ0n) is 16.4. The van der Waals surface area contributed by atoms with Gasteiger partial charge in [0.05, 0.1) is 19.9 Å². The third-order valence-electron chi connectivity index (χ3n) is 5.06. The van der Waals surface area contributed by atoms with Gasteiger partial charge in [0.15, 0.2) is 17.3 Å². The van der Waals surface area contributed by atoms with Crippen LogP contribution in [0.2, 0.25) is 5.02 Å². The van der Waals surface area contributed by atoms with E-state index in [1.807, 2.05) is 47.9 Å². The SMILES string of the molecule is COc1cccc([C@H]2O[C@H](CCO)c3nnc(C)n3-c3ccc(Cl)cc32)c1OC. The zero-order valence-corrected chi connectivity index (χ0v) is 17.2. The topological polar surface area (TPSA) is 78.6 Å². The fraction of sp³-hybridized carbons (Fsp3) is 0.333. The van der Waals surface area contributed by atoms with Gasteiger partial charge in [-0.3, -0.25) is 4.57 Å². The van der Waals surface area contributed by atoms with Gasteiger partial charge in [-0.15, -0.1) is 10.2 Å². The summed E-state index contributed by atoms with van der Waals surface area (Å²) in [6, 6.07) is 11.3. The predicted octanol–water partition coefficient (Wildman–Crippen LogP) is 3.79. The van der Waals surface area contributed by atoms with E-state index in [1.165, 1.54) is 0 Å². The number of aromatic nitrogens is 3. The fourth-order valence-electron chi connectivity index (χ4n) is 3.80. The number of benzene rings is 2. The summed E-state index contributed by atoms with van der Waals surface area (Å²) < 4.78 is 19.6. The van der Waals surface area contributed by atoms with Crippen LogP contribution in [0.5, 0.6) is 11.5 Å². The average molecular weight is 416 g/mol. The van der Waals surface area contributed by atoms with Crippen molar-refractivity contribution in [1.29, 1.82) is 0 Å². The minimum absolute atomic E-state index is 0.0460. The lowest BCUT2D eigenvalue weighted by Gasteiger charge is -2.24. The number of rotatable bonds is 5. The molecule has 0 fully saturated rings. The second kappa shape index (κ2) is 8.02. The zero-order chi connectivity index (χ0) is 20.5. The summed E-state index contributed by atoms with van der Waals surface area (Å²) in [6.07, 6.45) is -0.595. The molecule has 8 heteroatoms. The highest BCUT2D eigenvalue weighted by molar-refractivity contribution is 6.30. The van der Waals surface area contributed by atoms with Crippen molar-refractivity contribution >= 4 is 11.6 Å². The Kier molecular flexibility index (Phi) is 5.45. The van der Waals surface area contributed by atoms with Gasteiger partial charge in [-0.25, -0.2) is 0 Å². The van der Waals surface area contributed by atoms with Gasteiger partial charge in [-0.2, -0.15) is 0 Å². The standard InChI is InChI=1S/C21H22ClN3O4/c1-12-23-24-21-18(9-10-26)29-19(14-5-4-6-17(27-2)20(14)28-3)15-11-13(22)7-8-16(15)25(12)21/h4-8,11,18-19,26H,9-10H2,1-3H3/t18-,19-/m1/s1. The number of hydrogen-bond acceptors (Lipinski definition) is 6. The average Bonchev–Trinajstić information content (AvgIpc) is 3.05. The molecule has 7 nitrogen and oxygen atoms in total. The van der Waals surface area contributed by atoms with Crippen molar-refractivity contribution in [3.8, 4) is 17.2 Å². The van der Waals surface area contributed by atoms with Crippen LogP contribution in [0.15, 0.2) is 36.4 Å². The van der Waals surface area contributed by atoms with Crippen LogP contribution < -0.4 is 9.47 Å². The van der Waals surface area contributed by atoms with Crippen LogP contribution in [-0.2, 0) is 4.74 Å². The number of fused-ring (bicyclic) bond motifs is 3. The number of nitrogens with zero attached hydrogens (tertiary/aromatic N) is 3. The van der Waals surface area contributed by atoms with Gasteiger partial charge < -0.3 is 19.3 Å². The Morgan fingerprint density at radius 2 is 1.97 bits per heavy atom. The van der Waals surface area contributed by atoms with E-state index in [2.05, 4.69) is 10.2 Å². The minimum Gasteiger partial charge on any atom is -0.493 e. The van der Waals surface area contributed by atoms with Gasteiger partial charge in [-0.1, -0.05) is 23.7 Å². The summed E-state index contributed by atoms with van der Waals surface area (Å²) in [6.45, 7) is 1.84. The first kappa shape index (κ1) is 19.7. The van der Waals surface area contributed by atoms with Crippen molar-refractivity contribution in [2.75, 3.05) is 20.8 Å². The molecule has 0 spiro atoms. The highest BCUT2D eigenvalue weighted by atomic mass is 35.5. The first-order valence-corrected chi connectivity index (χ1v) is 9.65. The number of methoxy groups -OCH3 is 2. The highest BCUT2D eigenvalue weighted by Crippen LogP contribution is 2.46. The normalized spacial score (nSPS) is 18.0. The molecule has 2 heterocycles. The minimum atomic E-state index is -0.508. The lowest BCUT2D eigenvalue weighted by molar-refractivity contribution is -0.00985. The molecule has 2 atom stereocenters. The highest BCUT2D eigenvalue weighted by Gasteiger charge is 2.34. The number of ether oxygens (including phenoxy) is 3. The van der Waals surface area contributed by atoms with E-state index in [0.29, 0.717) is 28.8 Å². The van der Waals surface area contributed by atoms with Crippen molar-refractivity contribution in [3.63, 3.8) is 0 Å². The van der Waals surface area contributed by atoms with Crippen molar-refractivity contribution in [2.24, 2.45) is 0 Å². The Bertz CT molecular complexity index is 1040. The smallest absolute Gasteiger partial charge is 0.166 e. The predicted molar refractivity (Wildman–Crippen MR) is 108 cm³/mol. The lowest BCUT2D eigenvalue weighted by Crippen LogP contribution is -2.14. The van der Waals surface area contributed by atoms with Gasteiger partial charge >= 0.3 is 0 Å². The molecular formula is C21H22ClN3O4. The van der Waals surface area contributed by atoms with Crippen molar-refractivity contribution in [3.05, 3.63) is 64.2 Å². The molecule has 0 aliphatic carbocycles. The largest absolute Gasteiger partial charge is 0.493 e. The Morgan fingerprint density at radius 1 is 1.14 bits per heavy atom. The van der Waals surface area contributed by atoms with E-state index in [4.69, 9.17) is 25.8 Å². The maximum atomic E-state index is 9.64. The molecule has 29 heavy (non-hydrogen) atoms. The van der Waals surface area contributed by atoms with E-state index in [1.54, 1.807) is 14.2 Å². The van der Waals surface area contributed by atoms with Crippen molar-refractivity contribution < 1.29 is 19.3 Å². The van der Waals surface area contributed by atoms with Crippen LogP contribution in [0.4, 0.5) is 0 Å². The third kappa shape index (κ3) is 3.35. The van der Waals surface area contributed by atoms with E-state index in [0.717, 1.165) is 22.6 Å². The Labute approximate surface area is 173 Å². The summed E-state index contributed by atoms with van der Waals surface area (Å²) in [5.41, 5.74) is 2.53. The number of hydrogen-bond donors (Lipinski definition) is 1. The molecule has 1 N–H and O–H groups in total. The molecule has 1 aliphatic heterocycles. The Balaban J connectivity index is 1.98. The van der Waals surface area contributed by atoms with E-state index in [-0.39, 0.29) is 6.61 Å². The number of aryl methyl sites for hydroxylation is 1. The summed E-state index contributed by atoms with van der Waals surface area (Å²) in [4.78, 5) is 0. The fourth-order valence-corrected chi connectivity index (χ4v) is 3.98. The van der Waals surface area contributed by atoms with Crippen LogP contribution in [0, 0.1) is 6.92 Å². The molecule has 2 aromatic carbocycles. The molecule has 4 rings (SSSR count). The molecule has 0 radical (unpaired) electrons. The Hall–Kier alpha value is -2.61.